The average molecular weight is 264 g/mol. The van der Waals surface area contributed by atoms with Crippen molar-refractivity contribution in [2.24, 2.45) is 11.8 Å². The molecule has 0 unspecified atom stereocenters. The Labute approximate surface area is 111 Å². The highest BCUT2D eigenvalue weighted by Crippen LogP contribution is 2.44. The van der Waals surface area contributed by atoms with Crippen LogP contribution in [0.1, 0.15) is 31.2 Å². The summed E-state index contributed by atoms with van der Waals surface area (Å²) < 4.78 is 13.3. The molecule has 0 heterocycles. The maximum absolute atomic E-state index is 13.3. The van der Waals surface area contributed by atoms with E-state index in [9.17, 15) is 14.5 Å². The predicted molar refractivity (Wildman–Crippen MR) is 69.1 cm³/mol. The Hall–Kier alpha value is -1.49. The van der Waals surface area contributed by atoms with E-state index in [-0.39, 0.29) is 5.69 Å². The van der Waals surface area contributed by atoms with Crippen LogP contribution < -0.4 is 5.32 Å². The van der Waals surface area contributed by atoms with Gasteiger partial charge in [-0.05, 0) is 49.1 Å². The van der Waals surface area contributed by atoms with Crippen molar-refractivity contribution >= 4 is 5.69 Å². The van der Waals surface area contributed by atoms with E-state index in [1.165, 1.54) is 37.8 Å². The van der Waals surface area contributed by atoms with Crippen LogP contribution in [0.2, 0.25) is 0 Å². The third kappa shape index (κ3) is 3.10. The molecular formula is C14H17FN2O2. The lowest BCUT2D eigenvalue weighted by atomic mass is 10.1. The molecule has 1 N–H and O–H groups in total. The summed E-state index contributed by atoms with van der Waals surface area (Å²) >= 11 is 0. The first-order valence-electron chi connectivity index (χ1n) is 6.81. The predicted octanol–water partition coefficient (Wildman–Crippen LogP) is 3.01. The summed E-state index contributed by atoms with van der Waals surface area (Å²) in [7, 11) is 0. The molecule has 0 saturated heterocycles. The number of hydrogen-bond acceptors (Lipinski definition) is 3. The number of nitrogens with one attached hydrogen (secondary N) is 1. The number of nitrogens with zero attached hydrogens (tertiary/aromatic N) is 1. The fourth-order valence-electron chi connectivity index (χ4n) is 2.71. The van der Waals surface area contributed by atoms with Crippen molar-refractivity contribution in [3.63, 3.8) is 0 Å². The van der Waals surface area contributed by atoms with Crippen molar-refractivity contribution in [2.75, 3.05) is 0 Å². The second-order valence-corrected chi connectivity index (χ2v) is 5.66. The minimum atomic E-state index is -0.550. The summed E-state index contributed by atoms with van der Waals surface area (Å²) in [5, 5.41) is 14.2. The lowest BCUT2D eigenvalue weighted by molar-refractivity contribution is -0.385. The molecule has 3 rings (SSSR count). The van der Waals surface area contributed by atoms with Crippen LogP contribution in [-0.4, -0.2) is 11.0 Å². The van der Waals surface area contributed by atoms with E-state index in [2.05, 4.69) is 5.32 Å². The number of halogens is 1. The highest BCUT2D eigenvalue weighted by molar-refractivity contribution is 5.35. The molecule has 2 aliphatic carbocycles. The molecule has 0 bridgehead atoms. The van der Waals surface area contributed by atoms with E-state index in [4.69, 9.17) is 0 Å². The van der Waals surface area contributed by atoms with Gasteiger partial charge >= 0.3 is 0 Å². The first kappa shape index (κ1) is 12.5. The van der Waals surface area contributed by atoms with Crippen LogP contribution in [0.4, 0.5) is 10.1 Å². The summed E-state index contributed by atoms with van der Waals surface area (Å²) in [5.74, 6) is 0.979. The summed E-state index contributed by atoms with van der Waals surface area (Å²) in [6, 6.07) is 4.30. The number of benzene rings is 1. The Kier molecular flexibility index (Phi) is 3.22. The molecule has 1 aromatic rings. The van der Waals surface area contributed by atoms with E-state index in [0.29, 0.717) is 18.2 Å². The molecule has 4 nitrogen and oxygen atoms in total. The molecule has 2 saturated carbocycles. The summed E-state index contributed by atoms with van der Waals surface area (Å²) in [4.78, 5) is 10.1. The van der Waals surface area contributed by atoms with Crippen molar-refractivity contribution < 1.29 is 9.31 Å². The maximum atomic E-state index is 13.3. The van der Waals surface area contributed by atoms with Crippen LogP contribution in [0.25, 0.3) is 0 Å². The number of hydrogen-bond donors (Lipinski definition) is 1. The zero-order valence-corrected chi connectivity index (χ0v) is 10.6. The van der Waals surface area contributed by atoms with Gasteiger partial charge in [0.2, 0.25) is 0 Å². The molecule has 0 radical (unpaired) electrons. The van der Waals surface area contributed by atoms with Crippen LogP contribution in [0.5, 0.6) is 0 Å². The fraction of sp³-hybridized carbons (Fsp3) is 0.571. The second-order valence-electron chi connectivity index (χ2n) is 5.66. The lowest BCUT2D eigenvalue weighted by Crippen LogP contribution is -2.32. The normalized spacial score (nSPS) is 18.8. The average Bonchev–Trinajstić information content (AvgIpc) is 3.23. The lowest BCUT2D eigenvalue weighted by Gasteiger charge is -2.17. The van der Waals surface area contributed by atoms with Crippen molar-refractivity contribution in [1.82, 2.24) is 5.32 Å². The molecule has 0 aliphatic heterocycles. The molecule has 2 fully saturated rings. The topological polar surface area (TPSA) is 55.2 Å². The fourth-order valence-corrected chi connectivity index (χ4v) is 2.71. The van der Waals surface area contributed by atoms with Crippen molar-refractivity contribution in [1.29, 1.82) is 0 Å². The molecular weight excluding hydrogens is 247 g/mol. The monoisotopic (exact) mass is 264 g/mol. The largest absolute Gasteiger partial charge is 0.309 e. The van der Waals surface area contributed by atoms with Gasteiger partial charge in [-0.1, -0.05) is 0 Å². The van der Waals surface area contributed by atoms with Crippen LogP contribution in [0.3, 0.4) is 0 Å². The van der Waals surface area contributed by atoms with E-state index in [1.807, 2.05) is 0 Å². The van der Waals surface area contributed by atoms with E-state index in [1.54, 1.807) is 0 Å². The minimum absolute atomic E-state index is 0.175. The van der Waals surface area contributed by atoms with Gasteiger partial charge in [-0.2, -0.15) is 0 Å². The van der Waals surface area contributed by atoms with Crippen molar-refractivity contribution in [3.8, 4) is 0 Å². The van der Waals surface area contributed by atoms with Gasteiger partial charge in [0.05, 0.1) is 11.0 Å². The van der Waals surface area contributed by atoms with Gasteiger partial charge in [-0.25, -0.2) is 4.39 Å². The first-order valence-corrected chi connectivity index (χ1v) is 6.81. The summed E-state index contributed by atoms with van der Waals surface area (Å²) in [5.41, 5.74) is 0.476. The van der Waals surface area contributed by atoms with Gasteiger partial charge in [0.1, 0.15) is 5.82 Å². The quantitative estimate of drug-likeness (QED) is 0.634. The van der Waals surface area contributed by atoms with Gasteiger partial charge in [0, 0.05) is 18.7 Å². The molecule has 0 amide bonds. The van der Waals surface area contributed by atoms with Gasteiger partial charge < -0.3 is 5.32 Å². The zero-order chi connectivity index (χ0) is 13.4. The van der Waals surface area contributed by atoms with Crippen LogP contribution in [-0.2, 0) is 6.54 Å². The molecule has 1 aromatic carbocycles. The van der Waals surface area contributed by atoms with Crippen LogP contribution in [0.15, 0.2) is 18.2 Å². The van der Waals surface area contributed by atoms with E-state index >= 15 is 0 Å². The number of nitro groups is 1. The Morgan fingerprint density at radius 2 is 1.89 bits per heavy atom. The smallest absolute Gasteiger partial charge is 0.272 e. The number of nitro benzene ring substituents is 1. The number of rotatable bonds is 6. The highest BCUT2D eigenvalue weighted by Gasteiger charge is 2.40. The Bertz CT molecular complexity index is 486. The van der Waals surface area contributed by atoms with Gasteiger partial charge in [-0.3, -0.25) is 10.1 Å². The standard InChI is InChI=1S/C14H17FN2O2/c15-12-5-9(6-13(7-12)17(18)19)8-16-14(10-1-2-10)11-3-4-11/h5-7,10-11,14,16H,1-4,8H2. The molecule has 5 heteroatoms. The van der Waals surface area contributed by atoms with Gasteiger partial charge in [0.15, 0.2) is 0 Å². The minimum Gasteiger partial charge on any atom is -0.309 e. The van der Waals surface area contributed by atoms with Gasteiger partial charge in [0.25, 0.3) is 5.69 Å². The van der Waals surface area contributed by atoms with E-state index < -0.39 is 10.7 Å². The molecule has 19 heavy (non-hydrogen) atoms. The zero-order valence-electron chi connectivity index (χ0n) is 10.6. The molecule has 2 aliphatic rings. The molecule has 0 atom stereocenters. The molecule has 0 spiro atoms. The Morgan fingerprint density at radius 1 is 1.26 bits per heavy atom. The maximum Gasteiger partial charge on any atom is 0.272 e. The van der Waals surface area contributed by atoms with Crippen LogP contribution in [0, 0.1) is 27.8 Å². The Balaban J connectivity index is 1.66. The first-order chi connectivity index (χ1) is 9.13. The van der Waals surface area contributed by atoms with Crippen LogP contribution >= 0.6 is 0 Å². The third-order valence-electron chi connectivity index (χ3n) is 3.95. The van der Waals surface area contributed by atoms with E-state index in [0.717, 1.165) is 17.9 Å². The highest BCUT2D eigenvalue weighted by atomic mass is 19.1. The van der Waals surface area contributed by atoms with Crippen molar-refractivity contribution in [3.05, 3.63) is 39.7 Å². The molecule has 102 valence electrons. The van der Waals surface area contributed by atoms with Gasteiger partial charge in [-0.15, -0.1) is 0 Å². The SMILES string of the molecule is O=[N+]([O-])c1cc(F)cc(CNC(C2CC2)C2CC2)c1. The second kappa shape index (κ2) is 4.89. The summed E-state index contributed by atoms with van der Waals surface area (Å²) in [6.07, 6.45) is 5.10. The number of non-ortho nitro benzene ring substituents is 1. The Morgan fingerprint density at radius 3 is 2.42 bits per heavy atom. The third-order valence-corrected chi connectivity index (χ3v) is 3.95. The molecule has 0 aromatic heterocycles. The summed E-state index contributed by atoms with van der Waals surface area (Å²) in [6.45, 7) is 0.510. The van der Waals surface area contributed by atoms with Crippen molar-refractivity contribution in [2.45, 2.75) is 38.3 Å².